The van der Waals surface area contributed by atoms with E-state index < -0.39 is 10.0 Å². The summed E-state index contributed by atoms with van der Waals surface area (Å²) < 4.78 is 28.2. The van der Waals surface area contributed by atoms with E-state index in [2.05, 4.69) is 22.4 Å². The molecule has 0 aliphatic carbocycles. The third-order valence-electron chi connectivity index (χ3n) is 4.56. The van der Waals surface area contributed by atoms with Gasteiger partial charge in [0.2, 0.25) is 21.1 Å². The molecule has 0 spiro atoms. The summed E-state index contributed by atoms with van der Waals surface area (Å²) in [7, 11) is -3.60. The number of hydrogen-bond acceptors (Lipinski definition) is 7. The fourth-order valence-electron chi connectivity index (χ4n) is 3.03. The number of amides is 1. The molecule has 0 aliphatic heterocycles. The molecule has 166 valence electrons. The number of aromatic nitrogens is 3. The predicted molar refractivity (Wildman–Crippen MR) is 119 cm³/mol. The van der Waals surface area contributed by atoms with Crippen LogP contribution in [-0.4, -0.2) is 58.4 Å². The summed E-state index contributed by atoms with van der Waals surface area (Å²) in [5, 5.41) is 11.4. The molecule has 2 rings (SSSR count). The van der Waals surface area contributed by atoms with Gasteiger partial charge in [-0.05, 0) is 25.5 Å². The van der Waals surface area contributed by atoms with Crippen molar-refractivity contribution in [2.75, 3.05) is 24.7 Å². The number of hydrogen-bond donors (Lipinski definition) is 2. The first-order chi connectivity index (χ1) is 14.2. The van der Waals surface area contributed by atoms with Gasteiger partial charge in [-0.3, -0.25) is 4.79 Å². The molecule has 30 heavy (non-hydrogen) atoms. The van der Waals surface area contributed by atoms with E-state index in [1.165, 1.54) is 26.8 Å². The minimum atomic E-state index is -3.60. The lowest BCUT2D eigenvalue weighted by molar-refractivity contribution is -0.119. The van der Waals surface area contributed by atoms with Gasteiger partial charge in [0.05, 0.1) is 10.6 Å². The molecule has 11 heteroatoms. The summed E-state index contributed by atoms with van der Waals surface area (Å²) in [5.74, 6) is 6.52. The summed E-state index contributed by atoms with van der Waals surface area (Å²) in [6, 6.07) is 6.57. The number of sulfonamides is 1. The van der Waals surface area contributed by atoms with Gasteiger partial charge < -0.3 is 11.2 Å². The lowest BCUT2D eigenvalue weighted by Crippen LogP contribution is -2.33. The van der Waals surface area contributed by atoms with Gasteiger partial charge in [-0.15, -0.1) is 10.2 Å². The van der Waals surface area contributed by atoms with Gasteiger partial charge in [0, 0.05) is 24.7 Å². The molecule has 0 aliphatic rings. The molecular weight excluding hydrogens is 424 g/mol. The minimum Gasteiger partial charge on any atom is -0.353 e. The molecule has 0 fully saturated rings. The number of carbonyl (C=O) groups excluding carboxylic acids is 1. The smallest absolute Gasteiger partial charge is 0.243 e. The van der Waals surface area contributed by atoms with E-state index in [-0.39, 0.29) is 22.6 Å². The van der Waals surface area contributed by atoms with Crippen LogP contribution < -0.4 is 11.2 Å². The number of nitrogen functional groups attached to an aromatic ring is 1. The highest BCUT2D eigenvalue weighted by Gasteiger charge is 2.23. The van der Waals surface area contributed by atoms with Gasteiger partial charge >= 0.3 is 0 Å². The molecule has 1 atom stereocenters. The van der Waals surface area contributed by atoms with Gasteiger partial charge in [0.15, 0.2) is 5.82 Å². The predicted octanol–water partition coefficient (Wildman–Crippen LogP) is 2.09. The van der Waals surface area contributed by atoms with Crippen molar-refractivity contribution in [3.8, 4) is 11.4 Å². The van der Waals surface area contributed by atoms with Crippen LogP contribution in [0.4, 0.5) is 0 Å². The van der Waals surface area contributed by atoms with Crippen molar-refractivity contribution >= 4 is 27.7 Å². The molecule has 1 heterocycles. The lowest BCUT2D eigenvalue weighted by atomic mass is 10.2. The van der Waals surface area contributed by atoms with Crippen LogP contribution in [0.3, 0.4) is 0 Å². The van der Waals surface area contributed by atoms with Crippen LogP contribution in [0, 0.1) is 0 Å². The minimum absolute atomic E-state index is 0.0992. The second-order valence-corrected chi connectivity index (χ2v) is 9.72. The fourth-order valence-corrected chi connectivity index (χ4v) is 5.20. The Hall–Kier alpha value is -2.11. The van der Waals surface area contributed by atoms with Crippen molar-refractivity contribution in [1.82, 2.24) is 24.5 Å². The molecule has 0 saturated heterocycles. The van der Waals surface area contributed by atoms with Gasteiger partial charge in [0.25, 0.3) is 0 Å². The monoisotopic (exact) mass is 454 g/mol. The average molecular weight is 455 g/mol. The summed E-state index contributed by atoms with van der Waals surface area (Å²) >= 11 is 1.18. The van der Waals surface area contributed by atoms with E-state index in [1.54, 1.807) is 32.0 Å². The third kappa shape index (κ3) is 5.73. The zero-order chi connectivity index (χ0) is 22.3. The zero-order valence-electron chi connectivity index (χ0n) is 17.8. The molecule has 0 bridgehead atoms. The number of nitrogens with two attached hydrogens (primary N) is 1. The summed E-state index contributed by atoms with van der Waals surface area (Å²) in [6.07, 6.45) is 1.92. The molecule has 2 aromatic rings. The maximum absolute atomic E-state index is 12.8. The number of nitrogens with one attached hydrogen (secondary N) is 1. The first-order valence-corrected chi connectivity index (χ1v) is 12.4. The normalized spacial score (nSPS) is 12.8. The zero-order valence-corrected chi connectivity index (χ0v) is 19.5. The van der Waals surface area contributed by atoms with Gasteiger partial charge in [-0.2, -0.15) is 4.31 Å². The molecule has 1 aromatic carbocycles. The summed E-state index contributed by atoms with van der Waals surface area (Å²) in [4.78, 5) is 12.2. The van der Waals surface area contributed by atoms with E-state index in [9.17, 15) is 13.2 Å². The second kappa shape index (κ2) is 10.8. The van der Waals surface area contributed by atoms with Crippen molar-refractivity contribution < 1.29 is 13.2 Å². The molecule has 0 unspecified atom stereocenters. The Labute approximate surface area is 182 Å². The second-order valence-electron chi connectivity index (χ2n) is 6.84. The number of rotatable bonds is 11. The molecule has 1 amide bonds. The Balaban J connectivity index is 2.17. The molecule has 3 N–H and O–H groups in total. The van der Waals surface area contributed by atoms with Crippen LogP contribution in [0.1, 0.15) is 40.5 Å². The van der Waals surface area contributed by atoms with Crippen molar-refractivity contribution in [3.63, 3.8) is 0 Å². The van der Waals surface area contributed by atoms with E-state index in [1.807, 2.05) is 6.92 Å². The Bertz CT molecular complexity index is 957. The Morgan fingerprint density at radius 3 is 2.60 bits per heavy atom. The highest BCUT2D eigenvalue weighted by molar-refractivity contribution is 7.99. The van der Waals surface area contributed by atoms with Crippen LogP contribution in [-0.2, 0) is 14.8 Å². The first-order valence-electron chi connectivity index (χ1n) is 9.97. The lowest BCUT2D eigenvalue weighted by Gasteiger charge is -2.18. The van der Waals surface area contributed by atoms with E-state index in [4.69, 9.17) is 5.84 Å². The van der Waals surface area contributed by atoms with E-state index in [0.29, 0.717) is 29.6 Å². The molecule has 0 saturated carbocycles. The first kappa shape index (κ1) is 24.2. The highest BCUT2D eigenvalue weighted by atomic mass is 32.2. The van der Waals surface area contributed by atoms with Crippen LogP contribution >= 0.6 is 11.8 Å². The number of benzene rings is 1. The van der Waals surface area contributed by atoms with Crippen molar-refractivity contribution in [2.24, 2.45) is 0 Å². The largest absolute Gasteiger partial charge is 0.353 e. The highest BCUT2D eigenvalue weighted by Crippen LogP contribution is 2.25. The van der Waals surface area contributed by atoms with Crippen LogP contribution in [0.25, 0.3) is 11.4 Å². The van der Waals surface area contributed by atoms with Gasteiger partial charge in [-0.25, -0.2) is 13.1 Å². The average Bonchev–Trinajstić information content (AvgIpc) is 3.08. The number of nitrogens with zero attached hydrogens (tertiary/aromatic N) is 4. The molecule has 0 radical (unpaired) electrons. The van der Waals surface area contributed by atoms with Crippen molar-refractivity contribution in [3.05, 3.63) is 24.3 Å². The Kier molecular flexibility index (Phi) is 8.68. The fraction of sp³-hybridized carbons (Fsp3) is 0.526. The van der Waals surface area contributed by atoms with Crippen LogP contribution in [0.2, 0.25) is 0 Å². The van der Waals surface area contributed by atoms with Gasteiger partial charge in [-0.1, -0.05) is 51.1 Å². The number of thioether (sulfide) groups is 1. The van der Waals surface area contributed by atoms with E-state index >= 15 is 0 Å². The van der Waals surface area contributed by atoms with Gasteiger partial charge in [0.1, 0.15) is 0 Å². The van der Waals surface area contributed by atoms with Crippen LogP contribution in [0.5, 0.6) is 0 Å². The number of carbonyl (C=O) groups is 1. The Morgan fingerprint density at radius 1 is 1.27 bits per heavy atom. The quantitative estimate of drug-likeness (QED) is 0.393. The van der Waals surface area contributed by atoms with Crippen molar-refractivity contribution in [1.29, 1.82) is 0 Å². The maximum atomic E-state index is 12.8. The SMILES string of the molecule is CCC[C@@H](C)NC(=O)CSc1nnc(-c2cccc(S(=O)(=O)N(CC)CC)c2)n1N. The molecule has 9 nitrogen and oxygen atoms in total. The topological polar surface area (TPSA) is 123 Å². The molecular formula is C19H30N6O3S2. The van der Waals surface area contributed by atoms with E-state index in [0.717, 1.165) is 12.8 Å². The standard InChI is InChI=1S/C19H30N6O3S2/c1-5-9-14(4)21-17(26)13-29-19-23-22-18(25(19)20)15-10-8-11-16(12-15)30(27,28)24(6-2)7-3/h8,10-12,14H,5-7,9,13,20H2,1-4H3,(H,21,26)/t14-/m1/s1. The Morgan fingerprint density at radius 2 is 1.97 bits per heavy atom. The van der Waals surface area contributed by atoms with Crippen molar-refractivity contribution in [2.45, 2.75) is 56.6 Å². The maximum Gasteiger partial charge on any atom is 0.243 e. The summed E-state index contributed by atoms with van der Waals surface area (Å²) in [5.41, 5.74) is 0.533. The third-order valence-corrected chi connectivity index (χ3v) is 7.55. The van der Waals surface area contributed by atoms with Crippen LogP contribution in [0.15, 0.2) is 34.3 Å². The summed E-state index contributed by atoms with van der Waals surface area (Å²) in [6.45, 7) is 8.40. The molecule has 1 aromatic heterocycles.